The maximum absolute atomic E-state index is 12.7. The van der Waals surface area contributed by atoms with E-state index < -0.39 is 0 Å². The fraction of sp³-hybridized carbons (Fsp3) is 0.286. The van der Waals surface area contributed by atoms with Crippen LogP contribution >= 0.6 is 11.6 Å². The molecule has 0 aromatic heterocycles. The summed E-state index contributed by atoms with van der Waals surface area (Å²) in [5.41, 5.74) is 3.17. The first-order chi connectivity index (χ1) is 17.1. The van der Waals surface area contributed by atoms with Crippen molar-refractivity contribution in [1.82, 2.24) is 4.90 Å². The molecule has 0 spiro atoms. The van der Waals surface area contributed by atoms with E-state index >= 15 is 0 Å². The molecule has 1 aliphatic heterocycles. The Kier molecular flexibility index (Phi) is 8.27. The van der Waals surface area contributed by atoms with Crippen LogP contribution in [0.1, 0.15) is 40.7 Å². The van der Waals surface area contributed by atoms with Gasteiger partial charge in [-0.3, -0.25) is 9.79 Å². The van der Waals surface area contributed by atoms with E-state index in [1.165, 1.54) is 6.42 Å². The van der Waals surface area contributed by atoms with Crippen molar-refractivity contribution >= 4 is 29.4 Å². The molecule has 182 valence electrons. The largest absolute Gasteiger partial charge is 0.494 e. The summed E-state index contributed by atoms with van der Waals surface area (Å²) in [5, 5.41) is 0.586. The van der Waals surface area contributed by atoms with E-state index in [1.54, 1.807) is 38.6 Å². The Morgan fingerprint density at radius 1 is 0.914 bits per heavy atom. The SMILES string of the molecule is COc1ccc(Cl)cc1N=Cc1ccc(OCc2ccc(C(=O)N3CCCCC3)cc2)c(OC)c1. The van der Waals surface area contributed by atoms with Gasteiger partial charge in [-0.25, -0.2) is 0 Å². The Morgan fingerprint density at radius 2 is 1.63 bits per heavy atom. The number of amides is 1. The molecular weight excluding hydrogens is 464 g/mol. The molecule has 4 rings (SSSR count). The lowest BCUT2D eigenvalue weighted by Crippen LogP contribution is -2.35. The predicted octanol–water partition coefficient (Wildman–Crippen LogP) is 6.31. The van der Waals surface area contributed by atoms with E-state index in [2.05, 4.69) is 4.99 Å². The van der Waals surface area contributed by atoms with Crippen LogP contribution in [0.25, 0.3) is 0 Å². The predicted molar refractivity (Wildman–Crippen MR) is 139 cm³/mol. The smallest absolute Gasteiger partial charge is 0.253 e. The third-order valence-corrected chi connectivity index (χ3v) is 6.15. The van der Waals surface area contributed by atoms with Crippen molar-refractivity contribution < 1.29 is 19.0 Å². The molecule has 0 atom stereocenters. The van der Waals surface area contributed by atoms with Crippen LogP contribution in [-0.4, -0.2) is 44.3 Å². The lowest BCUT2D eigenvalue weighted by molar-refractivity contribution is 0.0724. The van der Waals surface area contributed by atoms with Gasteiger partial charge < -0.3 is 19.1 Å². The zero-order valence-corrected chi connectivity index (χ0v) is 20.8. The Balaban J connectivity index is 1.40. The molecule has 1 saturated heterocycles. The zero-order chi connectivity index (χ0) is 24.6. The Labute approximate surface area is 211 Å². The average molecular weight is 493 g/mol. The number of hydrogen-bond acceptors (Lipinski definition) is 5. The molecule has 0 aliphatic carbocycles. The molecule has 3 aromatic carbocycles. The van der Waals surface area contributed by atoms with Crippen LogP contribution in [0.15, 0.2) is 65.7 Å². The highest BCUT2D eigenvalue weighted by atomic mass is 35.5. The maximum atomic E-state index is 12.7. The third-order valence-electron chi connectivity index (χ3n) is 5.92. The number of benzene rings is 3. The monoisotopic (exact) mass is 492 g/mol. The zero-order valence-electron chi connectivity index (χ0n) is 20.0. The van der Waals surface area contributed by atoms with Gasteiger partial charge in [0.1, 0.15) is 18.0 Å². The highest BCUT2D eigenvalue weighted by Crippen LogP contribution is 2.32. The summed E-state index contributed by atoms with van der Waals surface area (Å²) in [7, 11) is 3.20. The highest BCUT2D eigenvalue weighted by Gasteiger charge is 2.18. The van der Waals surface area contributed by atoms with Gasteiger partial charge in [0.2, 0.25) is 0 Å². The standard InChI is InChI=1S/C28H29ClN2O4/c1-33-25-13-11-23(29)17-24(25)30-18-21-8-12-26(27(16-21)34-2)35-19-20-6-9-22(10-7-20)28(32)31-14-4-3-5-15-31/h6-13,16-18H,3-5,14-15,19H2,1-2H3. The number of methoxy groups -OCH3 is 2. The van der Waals surface area contributed by atoms with Crippen molar-refractivity contribution in [2.24, 2.45) is 4.99 Å². The van der Waals surface area contributed by atoms with E-state index in [1.807, 2.05) is 47.4 Å². The molecule has 0 unspecified atom stereocenters. The summed E-state index contributed by atoms with van der Waals surface area (Å²) < 4.78 is 16.9. The van der Waals surface area contributed by atoms with Crippen molar-refractivity contribution in [2.75, 3.05) is 27.3 Å². The van der Waals surface area contributed by atoms with Crippen LogP contribution in [0.5, 0.6) is 17.2 Å². The quantitative estimate of drug-likeness (QED) is 0.345. The number of ether oxygens (including phenoxy) is 3. The first-order valence-electron chi connectivity index (χ1n) is 11.6. The van der Waals surface area contributed by atoms with Crippen LogP contribution in [-0.2, 0) is 6.61 Å². The molecule has 0 radical (unpaired) electrons. The number of halogens is 1. The number of nitrogens with zero attached hydrogens (tertiary/aromatic N) is 2. The molecule has 1 aliphatic rings. The van der Waals surface area contributed by atoms with E-state index in [0.717, 1.165) is 37.1 Å². The lowest BCUT2D eigenvalue weighted by atomic mass is 10.1. The molecule has 1 fully saturated rings. The minimum atomic E-state index is 0.103. The molecule has 1 amide bonds. The van der Waals surface area contributed by atoms with Crippen LogP contribution in [0.3, 0.4) is 0 Å². The van der Waals surface area contributed by atoms with Gasteiger partial charge in [-0.2, -0.15) is 0 Å². The molecule has 0 saturated carbocycles. The molecule has 6 nitrogen and oxygen atoms in total. The summed E-state index contributed by atoms with van der Waals surface area (Å²) in [5.74, 6) is 1.97. The van der Waals surface area contributed by atoms with Gasteiger partial charge in [0, 0.05) is 29.9 Å². The summed E-state index contributed by atoms with van der Waals surface area (Å²) in [4.78, 5) is 19.1. The fourth-order valence-electron chi connectivity index (χ4n) is 3.98. The van der Waals surface area contributed by atoms with Crippen molar-refractivity contribution in [3.05, 3.63) is 82.4 Å². The fourth-order valence-corrected chi connectivity index (χ4v) is 4.14. The summed E-state index contributed by atoms with van der Waals surface area (Å²) >= 11 is 6.08. The van der Waals surface area contributed by atoms with Gasteiger partial charge in [0.15, 0.2) is 11.5 Å². The second-order valence-electron chi connectivity index (χ2n) is 8.32. The maximum Gasteiger partial charge on any atom is 0.253 e. The van der Waals surface area contributed by atoms with Crippen molar-refractivity contribution in [3.8, 4) is 17.2 Å². The second-order valence-corrected chi connectivity index (χ2v) is 8.76. The topological polar surface area (TPSA) is 60.4 Å². The second kappa shape index (κ2) is 11.8. The van der Waals surface area contributed by atoms with Gasteiger partial charge in [-0.15, -0.1) is 0 Å². The van der Waals surface area contributed by atoms with Crippen LogP contribution in [0.4, 0.5) is 5.69 Å². The number of piperidine rings is 1. The van der Waals surface area contributed by atoms with Gasteiger partial charge in [0.05, 0.1) is 14.2 Å². The summed E-state index contributed by atoms with van der Waals surface area (Å²) in [6.45, 7) is 2.05. The van der Waals surface area contributed by atoms with Gasteiger partial charge in [-0.05, 0) is 78.9 Å². The molecule has 0 N–H and O–H groups in total. The van der Waals surface area contributed by atoms with E-state index in [9.17, 15) is 4.79 Å². The summed E-state index contributed by atoms with van der Waals surface area (Å²) in [6, 6.07) is 18.5. The Hall–Kier alpha value is -3.51. The van der Waals surface area contributed by atoms with Gasteiger partial charge in [-0.1, -0.05) is 23.7 Å². The Morgan fingerprint density at radius 3 is 2.34 bits per heavy atom. The third kappa shape index (κ3) is 6.34. The van der Waals surface area contributed by atoms with Crippen molar-refractivity contribution in [1.29, 1.82) is 0 Å². The number of carbonyl (C=O) groups is 1. The first kappa shape index (κ1) is 24.6. The van der Waals surface area contributed by atoms with Crippen molar-refractivity contribution in [2.45, 2.75) is 25.9 Å². The van der Waals surface area contributed by atoms with E-state index in [0.29, 0.717) is 40.1 Å². The Bertz CT molecular complexity index is 1190. The molecule has 35 heavy (non-hydrogen) atoms. The van der Waals surface area contributed by atoms with E-state index in [-0.39, 0.29) is 5.91 Å². The number of likely N-dealkylation sites (tertiary alicyclic amines) is 1. The number of hydrogen-bond donors (Lipinski definition) is 0. The molecule has 3 aromatic rings. The van der Waals surface area contributed by atoms with Gasteiger partial charge in [0.25, 0.3) is 5.91 Å². The first-order valence-corrected chi connectivity index (χ1v) is 12.0. The number of aliphatic imine (C=N–C) groups is 1. The lowest BCUT2D eigenvalue weighted by Gasteiger charge is -2.26. The average Bonchev–Trinajstić information content (AvgIpc) is 2.91. The number of rotatable bonds is 8. The molecule has 1 heterocycles. The summed E-state index contributed by atoms with van der Waals surface area (Å²) in [6.07, 6.45) is 5.09. The van der Waals surface area contributed by atoms with Gasteiger partial charge >= 0.3 is 0 Å². The minimum Gasteiger partial charge on any atom is -0.494 e. The molecule has 7 heteroatoms. The molecular formula is C28H29ClN2O4. The minimum absolute atomic E-state index is 0.103. The highest BCUT2D eigenvalue weighted by molar-refractivity contribution is 6.30. The normalized spacial score (nSPS) is 13.6. The number of carbonyl (C=O) groups excluding carboxylic acids is 1. The molecule has 0 bridgehead atoms. The van der Waals surface area contributed by atoms with E-state index in [4.69, 9.17) is 25.8 Å². The van der Waals surface area contributed by atoms with Crippen molar-refractivity contribution in [3.63, 3.8) is 0 Å². The van der Waals surface area contributed by atoms with Crippen LogP contribution < -0.4 is 14.2 Å². The van der Waals surface area contributed by atoms with Crippen LogP contribution in [0, 0.1) is 0 Å². The van der Waals surface area contributed by atoms with Crippen LogP contribution in [0.2, 0.25) is 5.02 Å².